The van der Waals surface area contributed by atoms with Gasteiger partial charge in [0.25, 0.3) is 0 Å². The van der Waals surface area contributed by atoms with E-state index in [4.69, 9.17) is 5.11 Å². The summed E-state index contributed by atoms with van der Waals surface area (Å²) in [5.74, 6) is 1.22. The summed E-state index contributed by atoms with van der Waals surface area (Å²) < 4.78 is 0. The van der Waals surface area contributed by atoms with Gasteiger partial charge in [-0.15, -0.1) is 0 Å². The molecule has 1 amide bonds. The summed E-state index contributed by atoms with van der Waals surface area (Å²) in [5, 5.41) is 8.84. The predicted molar refractivity (Wildman–Crippen MR) is 62.0 cm³/mol. The average molecular weight is 226 g/mol. The van der Waals surface area contributed by atoms with E-state index in [2.05, 4.69) is 11.8 Å². The Balaban J connectivity index is 1.77. The van der Waals surface area contributed by atoms with E-state index in [0.29, 0.717) is 11.8 Å². The number of carbonyl (C=O) groups excluding carboxylic acids is 1. The fourth-order valence-electron chi connectivity index (χ4n) is 2.42. The third kappa shape index (κ3) is 2.74. The average Bonchev–Trinajstić information content (AvgIpc) is 3.12. The van der Waals surface area contributed by atoms with E-state index in [1.54, 1.807) is 0 Å². The molecule has 4 heteroatoms. The number of aliphatic hydroxyl groups excluding tert-OH is 1. The van der Waals surface area contributed by atoms with Gasteiger partial charge in [0, 0.05) is 38.6 Å². The van der Waals surface area contributed by atoms with Crippen LogP contribution in [-0.2, 0) is 4.79 Å². The number of hydrogen-bond donors (Lipinski definition) is 1. The van der Waals surface area contributed by atoms with Gasteiger partial charge in [0.05, 0.1) is 6.61 Å². The number of nitrogens with zero attached hydrogens (tertiary/aromatic N) is 2. The second-order valence-corrected chi connectivity index (χ2v) is 5.02. The molecule has 1 aliphatic heterocycles. The van der Waals surface area contributed by atoms with Gasteiger partial charge in [0.1, 0.15) is 0 Å². The fraction of sp³-hybridized carbons (Fsp3) is 0.917. The minimum Gasteiger partial charge on any atom is -0.395 e. The Morgan fingerprint density at radius 3 is 2.44 bits per heavy atom. The molecule has 0 bridgehead atoms. The van der Waals surface area contributed by atoms with E-state index >= 15 is 0 Å². The molecule has 4 nitrogen and oxygen atoms in total. The third-order valence-corrected chi connectivity index (χ3v) is 3.82. The number of amides is 1. The monoisotopic (exact) mass is 226 g/mol. The number of carbonyl (C=O) groups is 1. The van der Waals surface area contributed by atoms with E-state index in [1.165, 1.54) is 12.8 Å². The van der Waals surface area contributed by atoms with Crippen molar-refractivity contribution in [1.82, 2.24) is 9.80 Å². The quantitative estimate of drug-likeness (QED) is 0.743. The van der Waals surface area contributed by atoms with Crippen molar-refractivity contribution in [3.8, 4) is 0 Å². The Hall–Kier alpha value is -0.610. The maximum absolute atomic E-state index is 12.1. The number of piperazine rings is 1. The molecular formula is C12H22N2O2. The van der Waals surface area contributed by atoms with Crippen molar-refractivity contribution in [2.75, 3.05) is 39.3 Å². The van der Waals surface area contributed by atoms with Crippen molar-refractivity contribution in [2.24, 2.45) is 11.8 Å². The standard InChI is InChI=1S/C12H22N2O2/c1-10(11-2-3-11)12(16)14-6-4-13(5-7-14)8-9-15/h10-11,15H,2-9H2,1H3. The van der Waals surface area contributed by atoms with E-state index in [-0.39, 0.29) is 12.5 Å². The van der Waals surface area contributed by atoms with Gasteiger partial charge in [-0.05, 0) is 18.8 Å². The molecule has 92 valence electrons. The zero-order valence-electron chi connectivity index (χ0n) is 10.1. The Labute approximate surface area is 97.2 Å². The molecule has 1 heterocycles. The lowest BCUT2D eigenvalue weighted by molar-refractivity contribution is -0.137. The van der Waals surface area contributed by atoms with Gasteiger partial charge in [-0.25, -0.2) is 0 Å². The highest BCUT2D eigenvalue weighted by Gasteiger charge is 2.35. The van der Waals surface area contributed by atoms with Gasteiger partial charge in [0.15, 0.2) is 0 Å². The smallest absolute Gasteiger partial charge is 0.225 e. The zero-order valence-corrected chi connectivity index (χ0v) is 10.1. The van der Waals surface area contributed by atoms with Gasteiger partial charge in [-0.2, -0.15) is 0 Å². The molecule has 1 saturated carbocycles. The minimum absolute atomic E-state index is 0.215. The molecule has 1 atom stereocenters. The molecule has 0 aromatic heterocycles. The van der Waals surface area contributed by atoms with Crippen LogP contribution in [0.2, 0.25) is 0 Å². The van der Waals surface area contributed by atoms with Crippen molar-refractivity contribution >= 4 is 5.91 Å². The summed E-state index contributed by atoms with van der Waals surface area (Å²) in [5.41, 5.74) is 0. The van der Waals surface area contributed by atoms with E-state index in [9.17, 15) is 4.79 Å². The third-order valence-electron chi connectivity index (χ3n) is 3.82. The SMILES string of the molecule is CC(C(=O)N1CCN(CCO)CC1)C1CC1. The lowest BCUT2D eigenvalue weighted by atomic mass is 10.0. The summed E-state index contributed by atoms with van der Waals surface area (Å²) in [6.45, 7) is 6.49. The van der Waals surface area contributed by atoms with Gasteiger partial charge < -0.3 is 10.0 Å². The first-order valence-corrected chi connectivity index (χ1v) is 6.34. The van der Waals surface area contributed by atoms with Crippen LogP contribution in [0.1, 0.15) is 19.8 Å². The molecule has 16 heavy (non-hydrogen) atoms. The number of aliphatic hydroxyl groups is 1. The summed E-state index contributed by atoms with van der Waals surface area (Å²) >= 11 is 0. The van der Waals surface area contributed by atoms with Gasteiger partial charge in [-0.3, -0.25) is 9.69 Å². The zero-order chi connectivity index (χ0) is 11.5. The first-order chi connectivity index (χ1) is 7.72. The van der Waals surface area contributed by atoms with Crippen molar-refractivity contribution in [1.29, 1.82) is 0 Å². The van der Waals surface area contributed by atoms with Crippen molar-refractivity contribution in [3.05, 3.63) is 0 Å². The normalized spacial score (nSPS) is 24.5. The molecule has 1 N–H and O–H groups in total. The summed E-state index contributed by atoms with van der Waals surface area (Å²) in [7, 11) is 0. The molecule has 0 radical (unpaired) electrons. The molecule has 2 rings (SSSR count). The van der Waals surface area contributed by atoms with Crippen LogP contribution < -0.4 is 0 Å². The van der Waals surface area contributed by atoms with Crippen molar-refractivity contribution < 1.29 is 9.90 Å². The van der Waals surface area contributed by atoms with Gasteiger partial charge >= 0.3 is 0 Å². The van der Waals surface area contributed by atoms with Crippen LogP contribution in [0.25, 0.3) is 0 Å². The number of rotatable bonds is 4. The highest BCUT2D eigenvalue weighted by molar-refractivity contribution is 5.79. The maximum Gasteiger partial charge on any atom is 0.225 e. The van der Waals surface area contributed by atoms with Gasteiger partial charge in [0.2, 0.25) is 5.91 Å². The first-order valence-electron chi connectivity index (χ1n) is 6.34. The summed E-state index contributed by atoms with van der Waals surface area (Å²) in [6, 6.07) is 0. The largest absolute Gasteiger partial charge is 0.395 e. The highest BCUT2D eigenvalue weighted by atomic mass is 16.3. The van der Waals surface area contributed by atoms with Crippen LogP contribution in [0.15, 0.2) is 0 Å². The van der Waals surface area contributed by atoms with E-state index in [1.807, 2.05) is 4.90 Å². The molecule has 0 aromatic rings. The van der Waals surface area contributed by atoms with Crippen LogP contribution >= 0.6 is 0 Å². The Bertz CT molecular complexity index is 245. The van der Waals surface area contributed by atoms with Crippen molar-refractivity contribution in [2.45, 2.75) is 19.8 Å². The Kier molecular flexibility index (Phi) is 3.82. The molecule has 1 saturated heterocycles. The molecular weight excluding hydrogens is 204 g/mol. The second kappa shape index (κ2) is 5.15. The van der Waals surface area contributed by atoms with Crippen LogP contribution in [0.3, 0.4) is 0 Å². The van der Waals surface area contributed by atoms with E-state index < -0.39 is 0 Å². The topological polar surface area (TPSA) is 43.8 Å². The Morgan fingerprint density at radius 2 is 1.94 bits per heavy atom. The summed E-state index contributed by atoms with van der Waals surface area (Å²) in [6.07, 6.45) is 2.47. The van der Waals surface area contributed by atoms with Crippen LogP contribution in [-0.4, -0.2) is 60.1 Å². The Morgan fingerprint density at radius 1 is 1.31 bits per heavy atom. The minimum atomic E-state index is 0.215. The lowest BCUT2D eigenvalue weighted by Crippen LogP contribution is -2.50. The second-order valence-electron chi connectivity index (χ2n) is 5.02. The summed E-state index contributed by atoms with van der Waals surface area (Å²) in [4.78, 5) is 16.3. The lowest BCUT2D eigenvalue weighted by Gasteiger charge is -2.35. The molecule has 1 unspecified atom stereocenters. The van der Waals surface area contributed by atoms with Gasteiger partial charge in [-0.1, -0.05) is 6.92 Å². The molecule has 0 spiro atoms. The maximum atomic E-state index is 12.1. The molecule has 0 aromatic carbocycles. The number of hydrogen-bond acceptors (Lipinski definition) is 3. The van der Waals surface area contributed by atoms with Crippen LogP contribution in [0, 0.1) is 11.8 Å². The first kappa shape index (κ1) is 11.9. The highest BCUT2D eigenvalue weighted by Crippen LogP contribution is 2.37. The fourth-order valence-corrected chi connectivity index (χ4v) is 2.42. The van der Waals surface area contributed by atoms with Crippen molar-refractivity contribution in [3.63, 3.8) is 0 Å². The van der Waals surface area contributed by atoms with Crippen LogP contribution in [0.4, 0.5) is 0 Å². The van der Waals surface area contributed by atoms with E-state index in [0.717, 1.165) is 32.7 Å². The van der Waals surface area contributed by atoms with Crippen LogP contribution in [0.5, 0.6) is 0 Å². The number of β-amino-alcohol motifs (C(OH)–C–C–N with tert-alkyl or cyclic N) is 1. The molecule has 2 aliphatic rings. The molecule has 1 aliphatic carbocycles. The predicted octanol–water partition coefficient (Wildman–Crippen LogP) is 0.169. The molecule has 2 fully saturated rings.